The standard InChI is InChI=1S/C13H25NO3/c1-5-11-9-10(7-8-17-11)14(6-2)13(3,4)12(15)16/h10-11H,5-9H2,1-4H3,(H,15,16). The van der Waals surface area contributed by atoms with Crippen molar-refractivity contribution in [2.24, 2.45) is 0 Å². The SMILES string of the molecule is CCC1CC(N(CC)C(C)(C)C(=O)O)CCO1. The molecule has 1 aliphatic rings. The average Bonchev–Trinajstić information content (AvgIpc) is 2.29. The van der Waals surface area contributed by atoms with Crippen LogP contribution in [0.15, 0.2) is 0 Å². The molecule has 0 aromatic rings. The fourth-order valence-electron chi connectivity index (χ4n) is 2.66. The third-order valence-corrected chi connectivity index (χ3v) is 3.82. The fraction of sp³-hybridized carbons (Fsp3) is 0.923. The van der Waals surface area contributed by atoms with Crippen molar-refractivity contribution in [3.8, 4) is 0 Å². The van der Waals surface area contributed by atoms with E-state index in [1.807, 2.05) is 6.92 Å². The van der Waals surface area contributed by atoms with Crippen molar-refractivity contribution in [3.05, 3.63) is 0 Å². The molecule has 1 saturated heterocycles. The minimum atomic E-state index is -0.797. The molecular weight excluding hydrogens is 218 g/mol. The Kier molecular flexibility index (Phi) is 4.95. The van der Waals surface area contributed by atoms with E-state index in [9.17, 15) is 9.90 Å². The monoisotopic (exact) mass is 243 g/mol. The van der Waals surface area contributed by atoms with E-state index < -0.39 is 11.5 Å². The normalized spacial score (nSPS) is 26.2. The molecule has 0 amide bonds. The van der Waals surface area contributed by atoms with Gasteiger partial charge < -0.3 is 9.84 Å². The van der Waals surface area contributed by atoms with Crippen molar-refractivity contribution in [3.63, 3.8) is 0 Å². The van der Waals surface area contributed by atoms with Gasteiger partial charge in [0.2, 0.25) is 0 Å². The summed E-state index contributed by atoms with van der Waals surface area (Å²) < 4.78 is 5.65. The highest BCUT2D eigenvalue weighted by Gasteiger charge is 2.39. The molecule has 1 fully saturated rings. The molecule has 1 aliphatic heterocycles. The third-order valence-electron chi connectivity index (χ3n) is 3.82. The third kappa shape index (κ3) is 3.19. The Bertz CT molecular complexity index is 265. The minimum Gasteiger partial charge on any atom is -0.480 e. The number of carbonyl (C=O) groups is 1. The van der Waals surface area contributed by atoms with E-state index >= 15 is 0 Å². The summed E-state index contributed by atoms with van der Waals surface area (Å²) in [7, 11) is 0. The van der Waals surface area contributed by atoms with E-state index in [0.717, 1.165) is 32.4 Å². The molecule has 0 aromatic heterocycles. The summed E-state index contributed by atoms with van der Waals surface area (Å²) >= 11 is 0. The first kappa shape index (κ1) is 14.5. The summed E-state index contributed by atoms with van der Waals surface area (Å²) in [6.45, 7) is 9.23. The number of carboxylic acids is 1. The number of hydrogen-bond donors (Lipinski definition) is 1. The van der Waals surface area contributed by atoms with Crippen molar-refractivity contribution < 1.29 is 14.6 Å². The van der Waals surface area contributed by atoms with E-state index in [2.05, 4.69) is 11.8 Å². The Morgan fingerprint density at radius 2 is 2.12 bits per heavy atom. The second-order valence-corrected chi connectivity index (χ2v) is 5.23. The average molecular weight is 243 g/mol. The topological polar surface area (TPSA) is 49.8 Å². The maximum atomic E-state index is 11.3. The predicted octanol–water partition coefficient (Wildman–Crippen LogP) is 2.13. The summed E-state index contributed by atoms with van der Waals surface area (Å²) in [5.74, 6) is -0.751. The second-order valence-electron chi connectivity index (χ2n) is 5.23. The van der Waals surface area contributed by atoms with Crippen LogP contribution in [0.5, 0.6) is 0 Å². The first-order valence-electron chi connectivity index (χ1n) is 6.55. The zero-order chi connectivity index (χ0) is 13.1. The summed E-state index contributed by atoms with van der Waals surface area (Å²) in [6, 6.07) is 0.324. The maximum absolute atomic E-state index is 11.3. The van der Waals surface area contributed by atoms with Crippen LogP contribution in [0, 0.1) is 0 Å². The number of rotatable bonds is 5. The van der Waals surface area contributed by atoms with Gasteiger partial charge in [-0.05, 0) is 39.7 Å². The van der Waals surface area contributed by atoms with Crippen LogP contribution >= 0.6 is 0 Å². The Balaban J connectivity index is 2.76. The van der Waals surface area contributed by atoms with Gasteiger partial charge in [-0.1, -0.05) is 13.8 Å². The first-order valence-corrected chi connectivity index (χ1v) is 6.55. The molecule has 0 bridgehead atoms. The lowest BCUT2D eigenvalue weighted by molar-refractivity contribution is -0.153. The zero-order valence-electron chi connectivity index (χ0n) is 11.4. The van der Waals surface area contributed by atoms with Crippen LogP contribution in [-0.2, 0) is 9.53 Å². The molecule has 1 rings (SSSR count). The van der Waals surface area contributed by atoms with Crippen molar-refractivity contribution in [2.75, 3.05) is 13.2 Å². The molecule has 1 heterocycles. The zero-order valence-corrected chi connectivity index (χ0v) is 11.4. The van der Waals surface area contributed by atoms with Gasteiger partial charge in [0.15, 0.2) is 0 Å². The Morgan fingerprint density at radius 1 is 1.47 bits per heavy atom. The Labute approximate surface area is 104 Å². The van der Waals surface area contributed by atoms with Gasteiger partial charge >= 0.3 is 5.97 Å². The molecule has 4 nitrogen and oxygen atoms in total. The summed E-state index contributed by atoms with van der Waals surface area (Å²) in [5, 5.41) is 9.32. The van der Waals surface area contributed by atoms with Crippen molar-refractivity contribution in [1.82, 2.24) is 4.90 Å². The molecule has 0 aliphatic carbocycles. The fourth-order valence-corrected chi connectivity index (χ4v) is 2.66. The molecular formula is C13H25NO3. The van der Waals surface area contributed by atoms with Gasteiger partial charge in [-0.3, -0.25) is 9.69 Å². The van der Waals surface area contributed by atoms with E-state index in [-0.39, 0.29) is 6.10 Å². The van der Waals surface area contributed by atoms with Crippen molar-refractivity contribution >= 4 is 5.97 Å². The molecule has 0 saturated carbocycles. The maximum Gasteiger partial charge on any atom is 0.323 e. The largest absolute Gasteiger partial charge is 0.480 e. The quantitative estimate of drug-likeness (QED) is 0.803. The highest BCUT2D eigenvalue weighted by molar-refractivity contribution is 5.77. The second kappa shape index (κ2) is 5.83. The van der Waals surface area contributed by atoms with Crippen LogP contribution in [0.1, 0.15) is 47.0 Å². The van der Waals surface area contributed by atoms with Crippen molar-refractivity contribution in [2.45, 2.75) is 64.6 Å². The van der Waals surface area contributed by atoms with Gasteiger partial charge in [0.05, 0.1) is 6.10 Å². The first-order chi connectivity index (χ1) is 7.93. The number of nitrogens with zero attached hydrogens (tertiary/aromatic N) is 1. The number of aliphatic carboxylic acids is 1. The van der Waals surface area contributed by atoms with Crippen LogP contribution in [0.25, 0.3) is 0 Å². The number of hydrogen-bond acceptors (Lipinski definition) is 3. The van der Waals surface area contributed by atoms with Crippen LogP contribution in [-0.4, -0.2) is 46.8 Å². The van der Waals surface area contributed by atoms with Gasteiger partial charge in [-0.25, -0.2) is 0 Å². The lowest BCUT2D eigenvalue weighted by Gasteiger charge is -2.43. The number of ether oxygens (including phenoxy) is 1. The van der Waals surface area contributed by atoms with E-state index in [0.29, 0.717) is 6.04 Å². The molecule has 2 unspecified atom stereocenters. The smallest absolute Gasteiger partial charge is 0.323 e. The molecule has 100 valence electrons. The molecule has 0 radical (unpaired) electrons. The highest BCUT2D eigenvalue weighted by atomic mass is 16.5. The lowest BCUT2D eigenvalue weighted by atomic mass is 9.93. The van der Waals surface area contributed by atoms with Crippen LogP contribution in [0.2, 0.25) is 0 Å². The van der Waals surface area contributed by atoms with Gasteiger partial charge in [0.1, 0.15) is 5.54 Å². The van der Waals surface area contributed by atoms with Gasteiger partial charge in [0, 0.05) is 12.6 Å². The Hall–Kier alpha value is -0.610. The molecule has 2 atom stereocenters. The molecule has 0 aromatic carbocycles. The van der Waals surface area contributed by atoms with E-state index in [1.165, 1.54) is 0 Å². The molecule has 17 heavy (non-hydrogen) atoms. The highest BCUT2D eigenvalue weighted by Crippen LogP contribution is 2.27. The number of carboxylic acid groups (broad SMARTS) is 1. The summed E-state index contributed by atoms with van der Waals surface area (Å²) in [5.41, 5.74) is -0.797. The van der Waals surface area contributed by atoms with Crippen LogP contribution in [0.4, 0.5) is 0 Å². The molecule has 1 N–H and O–H groups in total. The van der Waals surface area contributed by atoms with Gasteiger partial charge in [0.25, 0.3) is 0 Å². The summed E-state index contributed by atoms with van der Waals surface area (Å²) in [6.07, 6.45) is 3.16. The van der Waals surface area contributed by atoms with Crippen molar-refractivity contribution in [1.29, 1.82) is 0 Å². The summed E-state index contributed by atoms with van der Waals surface area (Å²) in [4.78, 5) is 13.4. The van der Waals surface area contributed by atoms with Gasteiger partial charge in [-0.15, -0.1) is 0 Å². The van der Waals surface area contributed by atoms with E-state index in [4.69, 9.17) is 4.74 Å². The number of likely N-dealkylation sites (N-methyl/N-ethyl adjacent to an activating group) is 1. The van der Waals surface area contributed by atoms with E-state index in [1.54, 1.807) is 13.8 Å². The minimum absolute atomic E-state index is 0.285. The molecule has 0 spiro atoms. The van der Waals surface area contributed by atoms with Crippen LogP contribution in [0.3, 0.4) is 0 Å². The predicted molar refractivity (Wildman–Crippen MR) is 67.1 cm³/mol. The van der Waals surface area contributed by atoms with Gasteiger partial charge in [-0.2, -0.15) is 0 Å². The van der Waals surface area contributed by atoms with Crippen LogP contribution < -0.4 is 0 Å². The molecule has 4 heteroatoms. The lowest BCUT2D eigenvalue weighted by Crippen LogP contribution is -2.56. The Morgan fingerprint density at radius 3 is 2.59 bits per heavy atom.